The summed E-state index contributed by atoms with van der Waals surface area (Å²) in [6.45, 7) is 0. The van der Waals surface area contributed by atoms with Crippen molar-refractivity contribution >= 4 is 0 Å². The normalized spacial score (nSPS) is 52.0. The Morgan fingerprint density at radius 1 is 0.353 bits per heavy atom. The molecular weight excluding hydrogens is 408 g/mol. The third-order valence-electron chi connectivity index (χ3n) is 13.8. The maximum absolute atomic E-state index is 2.80. The third kappa shape index (κ3) is 2.84. The van der Waals surface area contributed by atoms with E-state index in [0.717, 1.165) is 71.0 Å². The highest BCUT2D eigenvalue weighted by molar-refractivity contribution is 5.51. The standard InChI is InChI=1S/C34H46/c1-5-23-11-19(1)15-29(23)27-9-10-28(30-16-20-2-6-24(30)12-20)34(32-18-22-4-8-26(32)14-22)33(27)31-17-21-3-7-25(31)13-21/h9-10,19-26,29-32H,1-8,11-18H2/t19-,20-,21+,22+,23+,24+,25-,26-,29?,30?,31?,32?/m0/s1. The Labute approximate surface area is 208 Å². The van der Waals surface area contributed by atoms with Gasteiger partial charge in [0.1, 0.15) is 0 Å². The number of rotatable bonds is 4. The minimum absolute atomic E-state index is 0.930. The first kappa shape index (κ1) is 20.3. The fourth-order valence-electron chi connectivity index (χ4n) is 12.6. The summed E-state index contributed by atoms with van der Waals surface area (Å²) in [5.74, 6) is 12.2. The Hall–Kier alpha value is -0.780. The molecule has 0 N–H and O–H groups in total. The van der Waals surface area contributed by atoms with Crippen LogP contribution in [0.15, 0.2) is 12.1 Å². The SMILES string of the molecule is c1cc(C2C[C@H]3CC[C@@H]2C3)c(C2C[C@@H]3CC[C@H]2C3)c(C2C[C@@H]3CC[C@H]2C3)c1C1C[C@H]2CC[C@@H]1C2. The summed E-state index contributed by atoms with van der Waals surface area (Å²) < 4.78 is 0. The van der Waals surface area contributed by atoms with Crippen molar-refractivity contribution in [3.63, 3.8) is 0 Å². The molecule has 0 aliphatic heterocycles. The Morgan fingerprint density at radius 3 is 0.941 bits per heavy atom. The van der Waals surface area contributed by atoms with E-state index in [4.69, 9.17) is 0 Å². The van der Waals surface area contributed by atoms with Gasteiger partial charge in [0.2, 0.25) is 0 Å². The van der Waals surface area contributed by atoms with E-state index in [1.165, 1.54) is 0 Å². The molecule has 1 aromatic carbocycles. The Kier molecular flexibility index (Phi) is 4.41. The van der Waals surface area contributed by atoms with Crippen LogP contribution in [0.3, 0.4) is 0 Å². The van der Waals surface area contributed by atoms with Crippen LogP contribution in [-0.2, 0) is 0 Å². The Balaban J connectivity index is 1.23. The van der Waals surface area contributed by atoms with Crippen LogP contribution in [0.5, 0.6) is 0 Å². The second-order valence-corrected chi connectivity index (χ2v) is 15.2. The summed E-state index contributed by atoms with van der Waals surface area (Å²) in [6, 6.07) is 5.59. The van der Waals surface area contributed by atoms with Gasteiger partial charge in [-0.2, -0.15) is 0 Å². The van der Waals surface area contributed by atoms with Crippen LogP contribution in [-0.4, -0.2) is 0 Å². The smallest absolute Gasteiger partial charge is 0.0125 e. The monoisotopic (exact) mass is 454 g/mol. The molecule has 8 aliphatic carbocycles. The van der Waals surface area contributed by atoms with Crippen LogP contribution < -0.4 is 0 Å². The highest BCUT2D eigenvalue weighted by Crippen LogP contribution is 2.64. The van der Waals surface area contributed by atoms with Crippen molar-refractivity contribution in [1.29, 1.82) is 0 Å². The minimum Gasteiger partial charge on any atom is -0.0582 e. The molecular formula is C34H46. The van der Waals surface area contributed by atoms with Crippen molar-refractivity contribution in [3.05, 3.63) is 34.4 Å². The lowest BCUT2D eigenvalue weighted by Crippen LogP contribution is -2.24. The second kappa shape index (κ2) is 7.38. The molecule has 8 bridgehead atoms. The van der Waals surface area contributed by atoms with Gasteiger partial charge in [0, 0.05) is 0 Å². The zero-order valence-electron chi connectivity index (χ0n) is 21.4. The Morgan fingerprint density at radius 2 is 0.676 bits per heavy atom. The van der Waals surface area contributed by atoms with Crippen LogP contribution >= 0.6 is 0 Å². The molecule has 182 valence electrons. The van der Waals surface area contributed by atoms with Gasteiger partial charge in [-0.1, -0.05) is 37.8 Å². The molecule has 12 atom stereocenters. The predicted molar refractivity (Wildman–Crippen MR) is 139 cm³/mol. The van der Waals surface area contributed by atoms with Gasteiger partial charge in [0.05, 0.1) is 0 Å². The largest absolute Gasteiger partial charge is 0.0582 e. The van der Waals surface area contributed by atoms with Gasteiger partial charge < -0.3 is 0 Å². The zero-order chi connectivity index (χ0) is 22.0. The van der Waals surface area contributed by atoms with E-state index in [9.17, 15) is 0 Å². The molecule has 8 fully saturated rings. The zero-order valence-corrected chi connectivity index (χ0v) is 21.4. The van der Waals surface area contributed by atoms with Crippen LogP contribution in [0.1, 0.15) is 149 Å². The summed E-state index contributed by atoms with van der Waals surface area (Å²) in [5.41, 5.74) is 7.99. The van der Waals surface area contributed by atoms with Gasteiger partial charge in [0.15, 0.2) is 0 Å². The molecule has 0 aromatic heterocycles. The van der Waals surface area contributed by atoms with E-state index in [2.05, 4.69) is 23.3 Å². The predicted octanol–water partition coefficient (Wildman–Crippen LogP) is 9.30. The Bertz CT molecular complexity index is 909. The second-order valence-electron chi connectivity index (χ2n) is 15.2. The highest BCUT2D eigenvalue weighted by Gasteiger charge is 2.50. The van der Waals surface area contributed by atoms with E-state index < -0.39 is 0 Å². The van der Waals surface area contributed by atoms with Crippen molar-refractivity contribution < 1.29 is 0 Å². The van der Waals surface area contributed by atoms with E-state index in [0.29, 0.717) is 0 Å². The summed E-state index contributed by atoms with van der Waals surface area (Å²) >= 11 is 0. The van der Waals surface area contributed by atoms with E-state index in [1.54, 1.807) is 103 Å². The van der Waals surface area contributed by atoms with Gasteiger partial charge in [-0.3, -0.25) is 0 Å². The maximum atomic E-state index is 2.80. The molecule has 0 heteroatoms. The van der Waals surface area contributed by atoms with Gasteiger partial charge in [-0.15, -0.1) is 0 Å². The van der Waals surface area contributed by atoms with Crippen molar-refractivity contribution in [3.8, 4) is 0 Å². The number of fused-ring (bicyclic) bond motifs is 8. The minimum atomic E-state index is 0.930. The first-order chi connectivity index (χ1) is 16.8. The molecule has 1 aromatic rings. The average molecular weight is 455 g/mol. The van der Waals surface area contributed by atoms with E-state index in [1.807, 2.05) is 11.1 Å². The van der Waals surface area contributed by atoms with Crippen LogP contribution in [0.2, 0.25) is 0 Å². The molecule has 0 saturated heterocycles. The van der Waals surface area contributed by atoms with Crippen LogP contribution in [0, 0.1) is 47.3 Å². The van der Waals surface area contributed by atoms with Crippen molar-refractivity contribution in [2.45, 2.75) is 126 Å². The van der Waals surface area contributed by atoms with Crippen molar-refractivity contribution in [2.75, 3.05) is 0 Å². The first-order valence-electron chi connectivity index (χ1n) is 15.9. The molecule has 0 amide bonds. The first-order valence-corrected chi connectivity index (χ1v) is 15.9. The highest BCUT2D eigenvalue weighted by atomic mass is 14.5. The number of benzene rings is 1. The van der Waals surface area contributed by atoms with Crippen molar-refractivity contribution in [2.24, 2.45) is 47.3 Å². The molecule has 34 heavy (non-hydrogen) atoms. The fraction of sp³-hybridized carbons (Fsp3) is 0.824. The number of hydrogen-bond acceptors (Lipinski definition) is 0. The van der Waals surface area contributed by atoms with Gasteiger partial charge in [0.25, 0.3) is 0 Å². The molecule has 0 nitrogen and oxygen atoms in total. The fourth-order valence-corrected chi connectivity index (χ4v) is 12.6. The van der Waals surface area contributed by atoms with Crippen LogP contribution in [0.4, 0.5) is 0 Å². The average Bonchev–Trinajstić information content (AvgIpc) is 3.73. The number of hydrogen-bond donors (Lipinski definition) is 0. The molecule has 0 heterocycles. The lowest BCUT2D eigenvalue weighted by Gasteiger charge is -2.38. The van der Waals surface area contributed by atoms with Crippen molar-refractivity contribution in [1.82, 2.24) is 0 Å². The van der Waals surface area contributed by atoms with Gasteiger partial charge in [-0.05, 0) is 170 Å². The molecule has 0 radical (unpaired) electrons. The van der Waals surface area contributed by atoms with Gasteiger partial charge >= 0.3 is 0 Å². The summed E-state index contributed by atoms with van der Waals surface area (Å²) in [5, 5.41) is 0. The summed E-state index contributed by atoms with van der Waals surface area (Å²) in [4.78, 5) is 0. The van der Waals surface area contributed by atoms with E-state index in [-0.39, 0.29) is 0 Å². The molecule has 8 saturated carbocycles. The van der Waals surface area contributed by atoms with Crippen LogP contribution in [0.25, 0.3) is 0 Å². The molecule has 4 unspecified atom stereocenters. The van der Waals surface area contributed by atoms with E-state index >= 15 is 0 Å². The van der Waals surface area contributed by atoms with Gasteiger partial charge in [-0.25, -0.2) is 0 Å². The third-order valence-corrected chi connectivity index (χ3v) is 13.8. The quantitative estimate of drug-likeness (QED) is 0.425. The lowest BCUT2D eigenvalue weighted by atomic mass is 9.66. The topological polar surface area (TPSA) is 0 Å². The summed E-state index contributed by atoms with van der Waals surface area (Å²) in [7, 11) is 0. The molecule has 8 aliphatic rings. The summed E-state index contributed by atoms with van der Waals surface area (Å²) in [6.07, 6.45) is 24.9. The molecule has 0 spiro atoms. The molecule has 9 rings (SSSR count). The maximum Gasteiger partial charge on any atom is -0.0125 e. The lowest BCUT2D eigenvalue weighted by molar-refractivity contribution is 0.370.